The van der Waals surface area contributed by atoms with Gasteiger partial charge in [0.15, 0.2) is 12.1 Å². The number of carbonyl (C=O) groups excluding carboxylic acids is 2. The molecular weight excluding hydrogens is 328 g/mol. The predicted octanol–water partition coefficient (Wildman–Crippen LogP) is 3.08. The van der Waals surface area contributed by atoms with E-state index in [4.69, 9.17) is 0 Å². The Labute approximate surface area is 152 Å². The zero-order valence-electron chi connectivity index (χ0n) is 15.5. The van der Waals surface area contributed by atoms with Crippen LogP contribution in [0.15, 0.2) is 35.5 Å². The Balaban J connectivity index is 1.96. The molecule has 1 aliphatic heterocycles. The number of Topliss-reactive ketones (excluding diaryl/α,β-unsaturated/α-hetero) is 1. The molecule has 1 atom stereocenters. The van der Waals surface area contributed by atoms with Crippen molar-refractivity contribution in [2.45, 2.75) is 39.7 Å². The fourth-order valence-corrected chi connectivity index (χ4v) is 3.99. The molecule has 0 saturated heterocycles. The van der Waals surface area contributed by atoms with Crippen molar-refractivity contribution < 1.29 is 9.59 Å². The van der Waals surface area contributed by atoms with Crippen molar-refractivity contribution in [3.63, 3.8) is 0 Å². The fourth-order valence-electron chi connectivity index (χ4n) is 3.99. The average Bonchev–Trinajstić information content (AvgIpc) is 3.01. The molecule has 0 radical (unpaired) electrons. The summed E-state index contributed by atoms with van der Waals surface area (Å²) in [7, 11) is 1.89. The van der Waals surface area contributed by atoms with Gasteiger partial charge in [-0.15, -0.1) is 5.10 Å². The second kappa shape index (κ2) is 5.62. The standard InChI is InChI=1S/C20H22N4O2/c1-12-5-7-13(8-6-12)18-17-14(9-20(2,3)10-15(17)26)23(4)19-21-16(11-25)22-24(18)19/h5-8,11,18H,9-10H2,1-4H3. The number of carbonyl (C=O) groups is 2. The first-order valence-electron chi connectivity index (χ1n) is 8.79. The van der Waals surface area contributed by atoms with E-state index in [1.54, 1.807) is 4.68 Å². The molecule has 6 nitrogen and oxygen atoms in total. The number of benzene rings is 1. The van der Waals surface area contributed by atoms with Gasteiger partial charge in [-0.25, -0.2) is 4.68 Å². The summed E-state index contributed by atoms with van der Waals surface area (Å²) in [6, 6.07) is 7.76. The molecule has 1 aromatic carbocycles. The molecule has 0 saturated carbocycles. The molecule has 1 unspecified atom stereocenters. The number of fused-ring (bicyclic) bond motifs is 1. The van der Waals surface area contributed by atoms with E-state index in [9.17, 15) is 9.59 Å². The lowest BCUT2D eigenvalue weighted by Crippen LogP contribution is -2.40. The molecule has 26 heavy (non-hydrogen) atoms. The molecule has 0 N–H and O–H groups in total. The van der Waals surface area contributed by atoms with Crippen molar-refractivity contribution in [3.05, 3.63) is 52.5 Å². The maximum Gasteiger partial charge on any atom is 0.229 e. The van der Waals surface area contributed by atoms with Crippen molar-refractivity contribution in [2.24, 2.45) is 5.41 Å². The van der Waals surface area contributed by atoms with Gasteiger partial charge >= 0.3 is 0 Å². The highest BCUT2D eigenvalue weighted by atomic mass is 16.1. The number of nitrogens with zero attached hydrogens (tertiary/aromatic N) is 4. The Bertz CT molecular complexity index is 937. The van der Waals surface area contributed by atoms with E-state index < -0.39 is 0 Å². The molecule has 4 rings (SSSR count). The number of aryl methyl sites for hydroxylation is 1. The van der Waals surface area contributed by atoms with Crippen LogP contribution in [0.4, 0.5) is 5.95 Å². The lowest BCUT2D eigenvalue weighted by molar-refractivity contribution is -0.118. The van der Waals surface area contributed by atoms with E-state index in [1.165, 1.54) is 0 Å². The smallest absolute Gasteiger partial charge is 0.229 e. The summed E-state index contributed by atoms with van der Waals surface area (Å²) in [5.41, 5.74) is 3.78. The van der Waals surface area contributed by atoms with Gasteiger partial charge in [0.2, 0.25) is 11.8 Å². The molecule has 0 bridgehead atoms. The van der Waals surface area contributed by atoms with E-state index >= 15 is 0 Å². The van der Waals surface area contributed by atoms with Crippen LogP contribution in [0.5, 0.6) is 0 Å². The van der Waals surface area contributed by atoms with Crippen LogP contribution in [0.25, 0.3) is 0 Å². The van der Waals surface area contributed by atoms with Gasteiger partial charge in [-0.3, -0.25) is 9.59 Å². The lowest BCUT2D eigenvalue weighted by Gasteiger charge is -2.41. The molecular formula is C20H22N4O2. The normalized spacial score (nSPS) is 21.5. The monoisotopic (exact) mass is 350 g/mol. The van der Waals surface area contributed by atoms with Crippen LogP contribution in [-0.2, 0) is 4.79 Å². The summed E-state index contributed by atoms with van der Waals surface area (Å²) in [4.78, 5) is 30.7. The highest BCUT2D eigenvalue weighted by Crippen LogP contribution is 2.47. The summed E-state index contributed by atoms with van der Waals surface area (Å²) in [6.07, 6.45) is 1.94. The average molecular weight is 350 g/mol. The van der Waals surface area contributed by atoms with Crippen LogP contribution in [0.2, 0.25) is 0 Å². The predicted molar refractivity (Wildman–Crippen MR) is 98.2 cm³/mol. The first kappa shape index (κ1) is 16.7. The van der Waals surface area contributed by atoms with Crippen molar-refractivity contribution in [1.82, 2.24) is 14.8 Å². The first-order chi connectivity index (χ1) is 12.3. The highest BCUT2D eigenvalue weighted by Gasteiger charge is 2.43. The second-order valence-electron chi connectivity index (χ2n) is 8.01. The topological polar surface area (TPSA) is 68.1 Å². The van der Waals surface area contributed by atoms with E-state index in [1.807, 2.05) is 43.1 Å². The number of hydrogen-bond donors (Lipinski definition) is 0. The third-order valence-electron chi connectivity index (χ3n) is 5.25. The van der Waals surface area contributed by atoms with Gasteiger partial charge in [0.05, 0.1) is 0 Å². The number of allylic oxidation sites excluding steroid dienone is 2. The van der Waals surface area contributed by atoms with Crippen LogP contribution in [0, 0.1) is 12.3 Å². The van der Waals surface area contributed by atoms with Crippen molar-refractivity contribution in [2.75, 3.05) is 11.9 Å². The van der Waals surface area contributed by atoms with Gasteiger partial charge < -0.3 is 4.90 Å². The van der Waals surface area contributed by atoms with Crippen LogP contribution < -0.4 is 4.90 Å². The molecule has 2 heterocycles. The summed E-state index contributed by atoms with van der Waals surface area (Å²) >= 11 is 0. The Kier molecular flexibility index (Phi) is 3.61. The third kappa shape index (κ3) is 2.48. The summed E-state index contributed by atoms with van der Waals surface area (Å²) in [5, 5.41) is 4.37. The van der Waals surface area contributed by atoms with E-state index in [0.29, 0.717) is 18.7 Å². The largest absolute Gasteiger partial charge is 0.317 e. The minimum atomic E-state index is -0.346. The van der Waals surface area contributed by atoms with E-state index in [0.717, 1.165) is 28.8 Å². The van der Waals surface area contributed by atoms with E-state index in [-0.39, 0.29) is 23.1 Å². The van der Waals surface area contributed by atoms with Gasteiger partial charge in [-0.05, 0) is 24.3 Å². The van der Waals surface area contributed by atoms with Crippen molar-refractivity contribution in [3.8, 4) is 0 Å². The number of ketones is 1. The zero-order chi connectivity index (χ0) is 18.6. The van der Waals surface area contributed by atoms with Crippen LogP contribution in [0.1, 0.15) is 54.5 Å². The van der Waals surface area contributed by atoms with Gasteiger partial charge in [0.25, 0.3) is 0 Å². The number of rotatable bonds is 2. The van der Waals surface area contributed by atoms with Crippen LogP contribution in [-0.4, -0.2) is 33.9 Å². The number of aldehydes is 1. The molecule has 134 valence electrons. The summed E-state index contributed by atoms with van der Waals surface area (Å²) < 4.78 is 1.71. The third-order valence-corrected chi connectivity index (χ3v) is 5.25. The van der Waals surface area contributed by atoms with E-state index in [2.05, 4.69) is 23.9 Å². The lowest BCUT2D eigenvalue weighted by atomic mass is 9.72. The molecule has 0 spiro atoms. The highest BCUT2D eigenvalue weighted by molar-refractivity contribution is 6.00. The Morgan fingerprint density at radius 1 is 1.19 bits per heavy atom. The second-order valence-corrected chi connectivity index (χ2v) is 8.01. The molecule has 6 heteroatoms. The summed E-state index contributed by atoms with van der Waals surface area (Å²) in [6.45, 7) is 6.25. The maximum atomic E-state index is 13.1. The molecule has 2 aliphatic rings. The Hall–Kier alpha value is -2.76. The fraction of sp³-hybridized carbons (Fsp3) is 0.400. The van der Waals surface area contributed by atoms with Gasteiger partial charge in [-0.2, -0.15) is 4.98 Å². The van der Waals surface area contributed by atoms with Gasteiger partial charge in [-0.1, -0.05) is 43.7 Å². The van der Waals surface area contributed by atoms with Gasteiger partial charge in [0, 0.05) is 24.7 Å². The number of aromatic nitrogens is 3. The first-order valence-corrected chi connectivity index (χ1v) is 8.79. The zero-order valence-corrected chi connectivity index (χ0v) is 15.5. The molecule has 2 aromatic rings. The van der Waals surface area contributed by atoms with Crippen molar-refractivity contribution in [1.29, 1.82) is 0 Å². The molecule has 0 fully saturated rings. The number of anilines is 1. The molecule has 0 amide bonds. The maximum absolute atomic E-state index is 13.1. The summed E-state index contributed by atoms with van der Waals surface area (Å²) in [5.74, 6) is 0.875. The minimum absolute atomic E-state index is 0.0995. The van der Waals surface area contributed by atoms with Crippen molar-refractivity contribution >= 4 is 18.0 Å². The number of hydrogen-bond acceptors (Lipinski definition) is 5. The Morgan fingerprint density at radius 2 is 1.88 bits per heavy atom. The quantitative estimate of drug-likeness (QED) is 0.779. The van der Waals surface area contributed by atoms with Crippen LogP contribution >= 0.6 is 0 Å². The van der Waals surface area contributed by atoms with Gasteiger partial charge in [0.1, 0.15) is 6.04 Å². The minimum Gasteiger partial charge on any atom is -0.317 e. The SMILES string of the molecule is Cc1ccc(C2C3=C(CC(C)(C)CC3=O)N(C)c3nc(C=O)nn32)cc1. The Morgan fingerprint density at radius 3 is 2.54 bits per heavy atom. The molecule has 1 aromatic heterocycles. The van der Waals surface area contributed by atoms with Crippen LogP contribution in [0.3, 0.4) is 0 Å². The molecule has 1 aliphatic carbocycles.